The minimum absolute atomic E-state index is 0. The van der Waals surface area contributed by atoms with Crippen molar-refractivity contribution in [1.29, 1.82) is 0 Å². The van der Waals surface area contributed by atoms with E-state index in [1.54, 1.807) is 0 Å². The predicted octanol–water partition coefficient (Wildman–Crippen LogP) is 3.01. The number of nitrogens with one attached hydrogen (secondary N) is 1. The van der Waals surface area contributed by atoms with E-state index in [1.165, 1.54) is 37.2 Å². The summed E-state index contributed by atoms with van der Waals surface area (Å²) >= 11 is 2.03. The van der Waals surface area contributed by atoms with Crippen molar-refractivity contribution in [2.75, 3.05) is 31.1 Å². The quantitative estimate of drug-likeness (QED) is 0.789. The summed E-state index contributed by atoms with van der Waals surface area (Å²) in [5.74, 6) is 2.35. The van der Waals surface area contributed by atoms with Crippen molar-refractivity contribution in [3.63, 3.8) is 0 Å². The van der Waals surface area contributed by atoms with Crippen LogP contribution < -0.4 is 11.1 Å². The van der Waals surface area contributed by atoms with Crippen molar-refractivity contribution >= 4 is 42.5 Å². The number of benzene rings is 1. The van der Waals surface area contributed by atoms with E-state index in [4.69, 9.17) is 5.73 Å². The first-order chi connectivity index (χ1) is 11.2. The van der Waals surface area contributed by atoms with Crippen LogP contribution in [0.1, 0.15) is 37.3 Å². The molecule has 2 fully saturated rings. The van der Waals surface area contributed by atoms with Crippen LogP contribution in [-0.2, 0) is 4.79 Å². The number of hydrogen-bond donors (Lipinski definition) is 2. The molecule has 1 aromatic rings. The molecule has 1 saturated carbocycles. The van der Waals surface area contributed by atoms with E-state index < -0.39 is 6.04 Å². The second kappa shape index (κ2) is 10.6. The molecule has 7 heteroatoms. The van der Waals surface area contributed by atoms with Crippen molar-refractivity contribution in [3.8, 4) is 0 Å². The van der Waals surface area contributed by atoms with Gasteiger partial charge >= 0.3 is 0 Å². The maximum atomic E-state index is 12.5. The SMILES string of the molecule is Cl.Cl.NC(C(=O)NCC1(N2CCSCC2)CCCC1)c1ccccc1. The smallest absolute Gasteiger partial charge is 0.241 e. The van der Waals surface area contributed by atoms with Crippen LogP contribution in [0, 0.1) is 0 Å². The highest BCUT2D eigenvalue weighted by molar-refractivity contribution is 7.99. The maximum Gasteiger partial charge on any atom is 0.241 e. The zero-order chi connectivity index (χ0) is 16.1. The highest BCUT2D eigenvalue weighted by Crippen LogP contribution is 2.36. The Bertz CT molecular complexity index is 520. The van der Waals surface area contributed by atoms with Gasteiger partial charge in [0.15, 0.2) is 0 Å². The van der Waals surface area contributed by atoms with Crippen LogP contribution in [0.3, 0.4) is 0 Å². The Kier molecular flexibility index (Phi) is 9.60. The van der Waals surface area contributed by atoms with Crippen molar-refractivity contribution < 1.29 is 4.79 Å². The van der Waals surface area contributed by atoms with Gasteiger partial charge in [-0.2, -0.15) is 11.8 Å². The number of nitrogens with two attached hydrogens (primary N) is 1. The lowest BCUT2D eigenvalue weighted by Gasteiger charge is -2.43. The molecule has 1 amide bonds. The lowest BCUT2D eigenvalue weighted by molar-refractivity contribution is -0.123. The van der Waals surface area contributed by atoms with E-state index >= 15 is 0 Å². The number of rotatable bonds is 5. The summed E-state index contributed by atoms with van der Waals surface area (Å²) in [4.78, 5) is 15.1. The normalized spacial score (nSPS) is 20.8. The standard InChI is InChI=1S/C18H27N3OS.2ClH/c19-16(15-6-2-1-3-7-15)17(22)20-14-18(8-4-5-9-18)21-10-12-23-13-11-21;;/h1-3,6-7,16H,4-5,8-14,19H2,(H,20,22);2*1H. The lowest BCUT2D eigenvalue weighted by atomic mass is 9.94. The van der Waals surface area contributed by atoms with Gasteiger partial charge in [-0.05, 0) is 18.4 Å². The van der Waals surface area contributed by atoms with Gasteiger partial charge in [0.1, 0.15) is 6.04 Å². The first-order valence-electron chi connectivity index (χ1n) is 8.62. The summed E-state index contributed by atoms with van der Waals surface area (Å²) in [6.07, 6.45) is 4.92. The molecule has 1 unspecified atom stereocenters. The summed E-state index contributed by atoms with van der Waals surface area (Å²) < 4.78 is 0. The minimum Gasteiger partial charge on any atom is -0.353 e. The van der Waals surface area contributed by atoms with Gasteiger partial charge in [-0.1, -0.05) is 43.2 Å². The van der Waals surface area contributed by atoms with Crippen molar-refractivity contribution in [1.82, 2.24) is 10.2 Å². The van der Waals surface area contributed by atoms with Crippen molar-refractivity contribution in [3.05, 3.63) is 35.9 Å². The Morgan fingerprint density at radius 3 is 2.36 bits per heavy atom. The van der Waals surface area contributed by atoms with Gasteiger partial charge in [0.05, 0.1) is 0 Å². The van der Waals surface area contributed by atoms with Gasteiger partial charge in [0.25, 0.3) is 0 Å². The average Bonchev–Trinajstić information content (AvgIpc) is 3.11. The Hall–Kier alpha value is -0.460. The van der Waals surface area contributed by atoms with Gasteiger partial charge in [-0.3, -0.25) is 9.69 Å². The van der Waals surface area contributed by atoms with E-state index in [9.17, 15) is 4.79 Å². The maximum absolute atomic E-state index is 12.5. The number of hydrogen-bond acceptors (Lipinski definition) is 4. The molecule has 142 valence electrons. The third kappa shape index (κ3) is 5.51. The summed E-state index contributed by atoms with van der Waals surface area (Å²) in [5, 5.41) is 3.15. The van der Waals surface area contributed by atoms with Crippen LogP contribution >= 0.6 is 36.6 Å². The monoisotopic (exact) mass is 405 g/mol. The van der Waals surface area contributed by atoms with E-state index in [2.05, 4.69) is 10.2 Å². The van der Waals surface area contributed by atoms with Crippen LogP contribution in [0.25, 0.3) is 0 Å². The molecule has 1 saturated heterocycles. The third-order valence-corrected chi connectivity index (χ3v) is 6.19. The minimum atomic E-state index is -0.577. The molecule has 25 heavy (non-hydrogen) atoms. The molecule has 1 aromatic carbocycles. The van der Waals surface area contributed by atoms with E-state index in [0.29, 0.717) is 0 Å². The Labute approximate surface area is 167 Å². The van der Waals surface area contributed by atoms with Crippen LogP contribution in [0.15, 0.2) is 30.3 Å². The second-order valence-corrected chi connectivity index (χ2v) is 7.86. The molecule has 1 aliphatic heterocycles. The number of amides is 1. The molecule has 0 radical (unpaired) electrons. The molecule has 0 aromatic heterocycles. The van der Waals surface area contributed by atoms with Crippen LogP contribution in [0.2, 0.25) is 0 Å². The van der Waals surface area contributed by atoms with E-state index in [0.717, 1.165) is 25.2 Å². The van der Waals surface area contributed by atoms with Gasteiger partial charge in [-0.25, -0.2) is 0 Å². The first kappa shape index (κ1) is 22.6. The topological polar surface area (TPSA) is 58.4 Å². The molecular formula is C18H29Cl2N3OS. The highest BCUT2D eigenvalue weighted by atomic mass is 35.5. The summed E-state index contributed by atoms with van der Waals surface area (Å²) in [6.45, 7) is 3.02. The molecule has 4 nitrogen and oxygen atoms in total. The molecule has 1 heterocycles. The van der Waals surface area contributed by atoms with E-state index in [-0.39, 0.29) is 36.3 Å². The molecule has 3 N–H and O–H groups in total. The molecule has 3 rings (SSSR count). The summed E-state index contributed by atoms with van der Waals surface area (Å²) in [6, 6.07) is 9.04. The fraction of sp³-hybridized carbons (Fsp3) is 0.611. The summed E-state index contributed by atoms with van der Waals surface area (Å²) in [5.41, 5.74) is 7.15. The second-order valence-electron chi connectivity index (χ2n) is 6.64. The largest absolute Gasteiger partial charge is 0.353 e. The Morgan fingerprint density at radius 1 is 1.16 bits per heavy atom. The fourth-order valence-corrected chi connectivity index (χ4v) is 4.75. The van der Waals surface area contributed by atoms with Crippen molar-refractivity contribution in [2.24, 2.45) is 5.73 Å². The van der Waals surface area contributed by atoms with Crippen LogP contribution in [0.5, 0.6) is 0 Å². The molecule has 1 aliphatic carbocycles. The summed E-state index contributed by atoms with van der Waals surface area (Å²) in [7, 11) is 0. The van der Waals surface area contributed by atoms with E-state index in [1.807, 2.05) is 42.1 Å². The lowest BCUT2D eigenvalue weighted by Crippen LogP contribution is -2.57. The van der Waals surface area contributed by atoms with Crippen LogP contribution in [0.4, 0.5) is 0 Å². The molecule has 0 bridgehead atoms. The zero-order valence-corrected chi connectivity index (χ0v) is 16.9. The molecule has 2 aliphatic rings. The van der Waals surface area contributed by atoms with Gasteiger partial charge in [0.2, 0.25) is 5.91 Å². The number of thioether (sulfide) groups is 1. The number of carbonyl (C=O) groups is 1. The molecular weight excluding hydrogens is 377 g/mol. The number of halogens is 2. The molecule has 0 spiro atoms. The average molecular weight is 406 g/mol. The zero-order valence-electron chi connectivity index (χ0n) is 14.5. The highest BCUT2D eigenvalue weighted by Gasteiger charge is 2.40. The Morgan fingerprint density at radius 2 is 1.76 bits per heavy atom. The first-order valence-corrected chi connectivity index (χ1v) is 9.78. The van der Waals surface area contributed by atoms with Crippen molar-refractivity contribution in [2.45, 2.75) is 37.3 Å². The van der Waals surface area contributed by atoms with Crippen LogP contribution in [-0.4, -0.2) is 47.5 Å². The van der Waals surface area contributed by atoms with Gasteiger partial charge < -0.3 is 11.1 Å². The Balaban J connectivity index is 0.00000156. The predicted molar refractivity (Wildman–Crippen MR) is 111 cm³/mol. The third-order valence-electron chi connectivity index (χ3n) is 5.25. The number of nitrogens with zero attached hydrogens (tertiary/aromatic N) is 1. The van der Waals surface area contributed by atoms with Gasteiger partial charge in [-0.15, -0.1) is 24.8 Å². The molecule has 1 atom stereocenters. The number of carbonyl (C=O) groups excluding carboxylic acids is 1. The fourth-order valence-electron chi connectivity index (χ4n) is 3.85. The van der Waals surface area contributed by atoms with Gasteiger partial charge in [0, 0.05) is 36.7 Å².